The van der Waals surface area contributed by atoms with Gasteiger partial charge in [-0.2, -0.15) is 0 Å². The molecule has 0 bridgehead atoms. The molecule has 0 aromatic rings. The second-order valence-electron chi connectivity index (χ2n) is 4.54. The third kappa shape index (κ3) is 2.96. The van der Waals surface area contributed by atoms with Crippen LogP contribution in [0.1, 0.15) is 26.7 Å². The van der Waals surface area contributed by atoms with Crippen molar-refractivity contribution in [2.75, 3.05) is 19.7 Å². The van der Waals surface area contributed by atoms with Crippen molar-refractivity contribution in [3.63, 3.8) is 0 Å². The summed E-state index contributed by atoms with van der Waals surface area (Å²) in [5, 5.41) is 0. The number of rotatable bonds is 6. The van der Waals surface area contributed by atoms with Gasteiger partial charge in [-0.1, -0.05) is 38.2 Å². The van der Waals surface area contributed by atoms with Crippen molar-refractivity contribution in [1.29, 1.82) is 0 Å². The van der Waals surface area contributed by atoms with Crippen LogP contribution < -0.4 is 0 Å². The molecule has 1 amide bonds. The number of allylic oxidation sites excluding steroid dienone is 2. The zero-order valence-electron chi connectivity index (χ0n) is 11.4. The first-order valence-corrected chi connectivity index (χ1v) is 6.89. The van der Waals surface area contributed by atoms with Crippen LogP contribution in [0.5, 0.6) is 0 Å². The van der Waals surface area contributed by atoms with Crippen molar-refractivity contribution in [3.05, 3.63) is 24.3 Å². The molecule has 0 aromatic heterocycles. The van der Waals surface area contributed by atoms with E-state index in [4.69, 9.17) is 16.3 Å². The summed E-state index contributed by atoms with van der Waals surface area (Å²) in [5.41, 5.74) is -0.0189. The third-order valence-electron chi connectivity index (χ3n) is 3.78. The monoisotopic (exact) mass is 271 g/mol. The van der Waals surface area contributed by atoms with Crippen molar-refractivity contribution in [3.8, 4) is 0 Å². The molecular formula is C14H22ClNO2. The lowest BCUT2D eigenvalue weighted by atomic mass is 9.72. The normalized spacial score (nSPS) is 21.0. The highest BCUT2D eigenvalue weighted by atomic mass is 35.5. The van der Waals surface area contributed by atoms with E-state index in [0.717, 1.165) is 12.8 Å². The van der Waals surface area contributed by atoms with E-state index in [9.17, 15) is 4.79 Å². The number of hydrogen-bond acceptors (Lipinski definition) is 2. The zero-order chi connectivity index (χ0) is 13.6. The Hall–Kier alpha value is -0.800. The van der Waals surface area contributed by atoms with Crippen LogP contribution in [0.3, 0.4) is 0 Å². The number of nitrogens with zero attached hydrogens (tertiary/aromatic N) is 1. The molecule has 102 valence electrons. The van der Waals surface area contributed by atoms with E-state index >= 15 is 0 Å². The molecule has 0 saturated carbocycles. The van der Waals surface area contributed by atoms with Crippen LogP contribution in [-0.4, -0.2) is 36.6 Å². The molecule has 0 aliphatic heterocycles. The quantitative estimate of drug-likeness (QED) is 0.549. The SMILES string of the molecule is CCC1(CC)C=CC=CC1N(COC)C(=O)CCl. The Bertz CT molecular complexity index is 335. The molecule has 3 nitrogen and oxygen atoms in total. The van der Waals surface area contributed by atoms with Crippen LogP contribution in [0, 0.1) is 5.41 Å². The van der Waals surface area contributed by atoms with Crippen LogP contribution >= 0.6 is 11.6 Å². The maximum atomic E-state index is 12.0. The molecule has 1 aliphatic carbocycles. The number of carbonyl (C=O) groups is 1. The molecule has 1 rings (SSSR count). The topological polar surface area (TPSA) is 29.5 Å². The van der Waals surface area contributed by atoms with Crippen molar-refractivity contribution in [2.24, 2.45) is 5.41 Å². The Kier molecular flexibility index (Phi) is 5.89. The molecule has 0 aromatic carbocycles. The van der Waals surface area contributed by atoms with Crippen LogP contribution in [0.4, 0.5) is 0 Å². The lowest BCUT2D eigenvalue weighted by molar-refractivity contribution is -0.137. The number of hydrogen-bond donors (Lipinski definition) is 0. The average molecular weight is 272 g/mol. The van der Waals surface area contributed by atoms with E-state index in [1.807, 2.05) is 6.08 Å². The fourth-order valence-corrected chi connectivity index (χ4v) is 2.70. The average Bonchev–Trinajstić information content (AvgIpc) is 2.44. The van der Waals surface area contributed by atoms with Gasteiger partial charge in [0.2, 0.25) is 5.91 Å². The number of alkyl halides is 1. The van der Waals surface area contributed by atoms with Gasteiger partial charge < -0.3 is 9.64 Å². The Morgan fingerprint density at radius 2 is 2.06 bits per heavy atom. The molecule has 0 N–H and O–H groups in total. The Morgan fingerprint density at radius 1 is 1.39 bits per heavy atom. The molecule has 0 fully saturated rings. The summed E-state index contributed by atoms with van der Waals surface area (Å²) in [6.07, 6.45) is 10.3. The van der Waals surface area contributed by atoms with Gasteiger partial charge in [-0.15, -0.1) is 11.6 Å². The molecule has 4 heteroatoms. The number of ether oxygens (including phenoxy) is 1. The zero-order valence-corrected chi connectivity index (χ0v) is 12.1. The Morgan fingerprint density at radius 3 is 2.56 bits per heavy atom. The highest BCUT2D eigenvalue weighted by molar-refractivity contribution is 6.27. The van der Waals surface area contributed by atoms with Crippen LogP contribution in [0.2, 0.25) is 0 Å². The highest BCUT2D eigenvalue weighted by Crippen LogP contribution is 2.38. The Balaban J connectivity index is 3.04. The molecule has 1 unspecified atom stereocenters. The van der Waals surface area contributed by atoms with Gasteiger partial charge in [0.15, 0.2) is 0 Å². The van der Waals surface area contributed by atoms with E-state index in [-0.39, 0.29) is 30.0 Å². The minimum atomic E-state index is -0.0882. The summed E-state index contributed by atoms with van der Waals surface area (Å²) in [5.74, 6) is -0.101. The van der Waals surface area contributed by atoms with E-state index in [1.54, 1.807) is 12.0 Å². The predicted molar refractivity (Wildman–Crippen MR) is 74.5 cm³/mol. The number of amides is 1. The number of methoxy groups -OCH3 is 1. The third-order valence-corrected chi connectivity index (χ3v) is 4.01. The standard InChI is InChI=1S/C14H22ClNO2/c1-4-14(5-2)9-7-6-8-12(14)16(11-18-3)13(17)10-15/h6-9,12H,4-5,10-11H2,1-3H3. The van der Waals surface area contributed by atoms with Gasteiger partial charge in [-0.05, 0) is 12.8 Å². The first-order chi connectivity index (χ1) is 8.65. The molecular weight excluding hydrogens is 250 g/mol. The lowest BCUT2D eigenvalue weighted by Crippen LogP contribution is -2.50. The Labute approximate surface area is 114 Å². The molecule has 1 atom stereocenters. The molecule has 18 heavy (non-hydrogen) atoms. The number of halogens is 1. The second kappa shape index (κ2) is 6.95. The van der Waals surface area contributed by atoms with E-state index in [2.05, 4.69) is 32.1 Å². The van der Waals surface area contributed by atoms with Gasteiger partial charge in [-0.3, -0.25) is 4.79 Å². The maximum Gasteiger partial charge on any atom is 0.239 e. The van der Waals surface area contributed by atoms with Gasteiger partial charge in [0.25, 0.3) is 0 Å². The summed E-state index contributed by atoms with van der Waals surface area (Å²) in [6.45, 7) is 4.57. The molecule has 1 aliphatic rings. The van der Waals surface area contributed by atoms with Gasteiger partial charge >= 0.3 is 0 Å². The molecule has 0 spiro atoms. The maximum absolute atomic E-state index is 12.0. The first kappa shape index (κ1) is 15.3. The van der Waals surface area contributed by atoms with Crippen molar-refractivity contribution < 1.29 is 9.53 Å². The molecule has 0 heterocycles. The van der Waals surface area contributed by atoms with Crippen molar-refractivity contribution in [2.45, 2.75) is 32.7 Å². The van der Waals surface area contributed by atoms with Crippen molar-refractivity contribution >= 4 is 17.5 Å². The van der Waals surface area contributed by atoms with Crippen LogP contribution in [0.25, 0.3) is 0 Å². The lowest BCUT2D eigenvalue weighted by Gasteiger charge is -2.43. The van der Waals surface area contributed by atoms with Gasteiger partial charge in [0.1, 0.15) is 12.6 Å². The molecule has 0 saturated heterocycles. The minimum absolute atomic E-state index is 0.0130. The van der Waals surface area contributed by atoms with E-state index < -0.39 is 0 Å². The largest absolute Gasteiger partial charge is 0.364 e. The number of carbonyl (C=O) groups excluding carboxylic acids is 1. The second-order valence-corrected chi connectivity index (χ2v) is 4.81. The highest BCUT2D eigenvalue weighted by Gasteiger charge is 2.38. The fourth-order valence-electron chi connectivity index (χ4n) is 2.55. The fraction of sp³-hybridized carbons (Fsp3) is 0.643. The van der Waals surface area contributed by atoms with Crippen molar-refractivity contribution in [1.82, 2.24) is 4.90 Å². The van der Waals surface area contributed by atoms with E-state index in [1.165, 1.54) is 0 Å². The first-order valence-electron chi connectivity index (χ1n) is 6.35. The molecule has 0 radical (unpaired) electrons. The summed E-state index contributed by atoms with van der Waals surface area (Å²) in [7, 11) is 1.59. The summed E-state index contributed by atoms with van der Waals surface area (Å²) >= 11 is 5.69. The van der Waals surface area contributed by atoms with E-state index in [0.29, 0.717) is 0 Å². The van der Waals surface area contributed by atoms with Crippen LogP contribution in [-0.2, 0) is 9.53 Å². The van der Waals surface area contributed by atoms with Gasteiger partial charge in [-0.25, -0.2) is 0 Å². The van der Waals surface area contributed by atoms with Gasteiger partial charge in [0.05, 0.1) is 6.04 Å². The predicted octanol–water partition coefficient (Wildman–Crippen LogP) is 2.96. The smallest absolute Gasteiger partial charge is 0.239 e. The summed E-state index contributed by atoms with van der Waals surface area (Å²) in [6, 6.07) is 0.0173. The summed E-state index contributed by atoms with van der Waals surface area (Å²) in [4.78, 5) is 13.7. The summed E-state index contributed by atoms with van der Waals surface area (Å²) < 4.78 is 5.15. The van der Waals surface area contributed by atoms with Gasteiger partial charge in [0, 0.05) is 12.5 Å². The van der Waals surface area contributed by atoms with Crippen LogP contribution in [0.15, 0.2) is 24.3 Å². The minimum Gasteiger partial charge on any atom is -0.364 e.